The molecule has 6 heterocycles. The summed E-state index contributed by atoms with van der Waals surface area (Å²) in [7, 11) is 0. The molecule has 6 aromatic rings. The number of imidazole rings is 6. The summed E-state index contributed by atoms with van der Waals surface area (Å²) in [5.74, 6) is 1.08. The minimum atomic E-state index is -0.231. The number of carbonyl (C=O) groups is 3. The Morgan fingerprint density at radius 1 is 0.378 bits per heavy atom. The molecule has 16 heteroatoms. The molecule has 0 fully saturated rings. The maximum Gasteiger partial charge on any atom is 2.00 e. The molecular weight excluding hydrogens is 524 g/mol. The van der Waals surface area contributed by atoms with Gasteiger partial charge >= 0.3 is 17.1 Å². The van der Waals surface area contributed by atoms with Gasteiger partial charge in [0.25, 0.3) is 17.3 Å². The number of ketones is 3. The van der Waals surface area contributed by atoms with Gasteiger partial charge in [-0.25, -0.2) is 29.9 Å². The van der Waals surface area contributed by atoms with Crippen molar-refractivity contribution in [1.29, 1.82) is 0 Å². The molecule has 0 spiro atoms. The molecule has 6 N–H and O–H groups in total. The molecular formula is C21H18FeN12O3+2. The molecule has 37 heavy (non-hydrogen) atoms. The zero-order chi connectivity index (χ0) is 25.2. The Labute approximate surface area is 217 Å². The fourth-order valence-electron chi connectivity index (χ4n) is 2.67. The van der Waals surface area contributed by atoms with Gasteiger partial charge in [0.1, 0.15) is 0 Å². The topological polar surface area (TPSA) is 223 Å². The Morgan fingerprint density at radius 2 is 0.541 bits per heavy atom. The molecule has 0 aliphatic heterocycles. The predicted octanol–water partition coefficient (Wildman–Crippen LogP) is 1.09. The van der Waals surface area contributed by atoms with Crippen molar-refractivity contribution in [2.24, 2.45) is 0 Å². The maximum atomic E-state index is 11.4. The number of H-pyrrole nitrogens is 6. The van der Waals surface area contributed by atoms with Gasteiger partial charge in [0, 0.05) is 74.4 Å². The van der Waals surface area contributed by atoms with Gasteiger partial charge in [-0.15, -0.1) is 0 Å². The standard InChI is InChI=1S/3C7H6N4O.Fe/c3*12-5(6-8-1-2-9-6)7-10-3-4-11-7;/h3*1-4H,(H,8,9)(H,10,11);/q;;;+2. The van der Waals surface area contributed by atoms with E-state index in [2.05, 4.69) is 59.8 Å². The molecule has 0 unspecified atom stereocenters. The number of nitrogens with one attached hydrogen (secondary N) is 6. The fraction of sp³-hybridized carbons (Fsp3) is 0. The van der Waals surface area contributed by atoms with Crippen LogP contribution in [0.15, 0.2) is 74.4 Å². The van der Waals surface area contributed by atoms with Crippen LogP contribution < -0.4 is 0 Å². The van der Waals surface area contributed by atoms with Crippen molar-refractivity contribution in [3.8, 4) is 0 Å². The summed E-state index contributed by atoms with van der Waals surface area (Å²) in [6.45, 7) is 0. The van der Waals surface area contributed by atoms with Gasteiger partial charge in [-0.1, -0.05) is 0 Å². The van der Waals surface area contributed by atoms with Crippen LogP contribution in [0.3, 0.4) is 0 Å². The predicted molar refractivity (Wildman–Crippen MR) is 122 cm³/mol. The van der Waals surface area contributed by atoms with Gasteiger partial charge < -0.3 is 29.9 Å². The molecule has 0 amide bonds. The van der Waals surface area contributed by atoms with Gasteiger partial charge in [-0.2, -0.15) is 0 Å². The maximum absolute atomic E-state index is 11.4. The van der Waals surface area contributed by atoms with E-state index in [9.17, 15) is 14.4 Å². The van der Waals surface area contributed by atoms with Gasteiger partial charge in [-0.3, -0.25) is 14.4 Å². The van der Waals surface area contributed by atoms with Gasteiger partial charge in [0.2, 0.25) is 0 Å². The number of hydrogen-bond acceptors (Lipinski definition) is 9. The average Bonchev–Trinajstić information content (AvgIpc) is 3.78. The van der Waals surface area contributed by atoms with Crippen LogP contribution in [-0.4, -0.2) is 77.2 Å². The van der Waals surface area contributed by atoms with E-state index in [1.54, 1.807) is 37.2 Å². The molecule has 0 aromatic carbocycles. The number of aromatic nitrogens is 12. The van der Waals surface area contributed by atoms with Crippen LogP contribution in [0.25, 0.3) is 0 Å². The van der Waals surface area contributed by atoms with Gasteiger partial charge in [0.15, 0.2) is 34.9 Å². The summed E-state index contributed by atoms with van der Waals surface area (Å²) in [5, 5.41) is 0. The van der Waals surface area contributed by atoms with Crippen LogP contribution >= 0.6 is 0 Å². The molecule has 0 saturated carbocycles. The van der Waals surface area contributed by atoms with E-state index in [0.29, 0.717) is 34.9 Å². The Hall–Kier alpha value is -5.21. The Kier molecular flexibility index (Phi) is 9.30. The van der Waals surface area contributed by atoms with Crippen LogP contribution in [0.5, 0.6) is 0 Å². The number of nitrogens with zero attached hydrogens (tertiary/aromatic N) is 6. The van der Waals surface area contributed by atoms with Gasteiger partial charge in [0.05, 0.1) is 0 Å². The third-order valence-corrected chi connectivity index (χ3v) is 4.28. The Bertz CT molecular complexity index is 1170. The van der Waals surface area contributed by atoms with Crippen LogP contribution in [-0.2, 0) is 17.1 Å². The van der Waals surface area contributed by atoms with E-state index in [4.69, 9.17) is 0 Å². The van der Waals surface area contributed by atoms with Crippen molar-refractivity contribution in [1.82, 2.24) is 59.8 Å². The van der Waals surface area contributed by atoms with E-state index in [1.807, 2.05) is 0 Å². The molecule has 0 aliphatic rings. The number of aromatic amines is 6. The van der Waals surface area contributed by atoms with Crippen molar-refractivity contribution >= 4 is 17.3 Å². The molecule has 0 radical (unpaired) electrons. The largest absolute Gasteiger partial charge is 2.00 e. The minimum absolute atomic E-state index is 0. The number of carbonyl (C=O) groups excluding carboxylic acids is 3. The van der Waals surface area contributed by atoms with Crippen LogP contribution in [0.4, 0.5) is 0 Å². The molecule has 0 saturated heterocycles. The van der Waals surface area contributed by atoms with Crippen molar-refractivity contribution in [3.05, 3.63) is 109 Å². The molecule has 6 rings (SSSR count). The van der Waals surface area contributed by atoms with Crippen LogP contribution in [0.1, 0.15) is 49.3 Å². The molecule has 0 aliphatic carbocycles. The smallest absolute Gasteiger partial charge is 0.342 e. The molecule has 186 valence electrons. The summed E-state index contributed by atoms with van der Waals surface area (Å²) in [5.41, 5.74) is 0. The summed E-state index contributed by atoms with van der Waals surface area (Å²) < 4.78 is 0. The van der Waals surface area contributed by atoms with E-state index in [-0.39, 0.29) is 34.4 Å². The first-order valence-corrected chi connectivity index (χ1v) is 10.2. The third-order valence-electron chi connectivity index (χ3n) is 4.28. The second-order valence-corrected chi connectivity index (χ2v) is 6.61. The van der Waals surface area contributed by atoms with Crippen molar-refractivity contribution < 1.29 is 31.5 Å². The van der Waals surface area contributed by atoms with E-state index < -0.39 is 0 Å². The van der Waals surface area contributed by atoms with Crippen molar-refractivity contribution in [3.63, 3.8) is 0 Å². The van der Waals surface area contributed by atoms with Crippen LogP contribution in [0.2, 0.25) is 0 Å². The molecule has 0 atom stereocenters. The monoisotopic (exact) mass is 542 g/mol. The van der Waals surface area contributed by atoms with Crippen molar-refractivity contribution in [2.75, 3.05) is 0 Å². The first kappa shape index (κ1) is 26.4. The summed E-state index contributed by atoms with van der Waals surface area (Å²) >= 11 is 0. The van der Waals surface area contributed by atoms with Crippen LogP contribution in [0, 0.1) is 0 Å². The Balaban J connectivity index is 0.000000152. The average molecular weight is 542 g/mol. The second kappa shape index (κ2) is 13.0. The second-order valence-electron chi connectivity index (χ2n) is 6.61. The van der Waals surface area contributed by atoms with E-state index in [0.717, 1.165) is 0 Å². The summed E-state index contributed by atoms with van der Waals surface area (Å²) in [6, 6.07) is 0. The fourth-order valence-corrected chi connectivity index (χ4v) is 2.67. The van der Waals surface area contributed by atoms with E-state index >= 15 is 0 Å². The van der Waals surface area contributed by atoms with Gasteiger partial charge in [-0.05, 0) is 0 Å². The summed E-state index contributed by atoms with van der Waals surface area (Å²) in [4.78, 5) is 73.2. The van der Waals surface area contributed by atoms with E-state index in [1.165, 1.54) is 37.2 Å². The normalized spacial score (nSPS) is 9.73. The molecule has 6 aromatic heterocycles. The minimum Gasteiger partial charge on any atom is -0.342 e. The quantitative estimate of drug-likeness (QED) is 0.131. The SMILES string of the molecule is O=C(c1ncc[nH]1)c1ncc[nH]1.O=C(c1ncc[nH]1)c1ncc[nH]1.O=C(c1ncc[nH]1)c1ncc[nH]1.[Fe+2]. The molecule has 0 bridgehead atoms. The van der Waals surface area contributed by atoms with Crippen molar-refractivity contribution in [2.45, 2.75) is 0 Å². The summed E-state index contributed by atoms with van der Waals surface area (Å²) in [6.07, 6.45) is 18.7. The molecule has 15 nitrogen and oxygen atoms in total. The number of hydrogen-bond donors (Lipinski definition) is 6. The number of rotatable bonds is 6. The first-order chi connectivity index (χ1) is 17.6. The third kappa shape index (κ3) is 6.91. The Morgan fingerprint density at radius 3 is 0.649 bits per heavy atom. The first-order valence-electron chi connectivity index (χ1n) is 10.2. The zero-order valence-electron chi connectivity index (χ0n) is 18.7. The zero-order valence-corrected chi connectivity index (χ0v) is 19.8.